The van der Waals surface area contributed by atoms with E-state index in [1.54, 1.807) is 31.3 Å². The van der Waals surface area contributed by atoms with Gasteiger partial charge in [0.15, 0.2) is 23.3 Å². The molecule has 0 radical (unpaired) electrons. The van der Waals surface area contributed by atoms with Crippen LogP contribution in [0.3, 0.4) is 0 Å². The maximum absolute atomic E-state index is 13.1. The molecule has 0 bridgehead atoms. The minimum atomic E-state index is -1.20. The van der Waals surface area contributed by atoms with E-state index in [2.05, 4.69) is 5.10 Å². The van der Waals surface area contributed by atoms with E-state index in [0.717, 1.165) is 0 Å². The van der Waals surface area contributed by atoms with Crippen LogP contribution in [0.25, 0.3) is 5.69 Å². The van der Waals surface area contributed by atoms with Gasteiger partial charge >= 0.3 is 5.97 Å². The van der Waals surface area contributed by atoms with Gasteiger partial charge < -0.3 is 19.5 Å². The van der Waals surface area contributed by atoms with Gasteiger partial charge in [0, 0.05) is 13.1 Å². The molecule has 0 fully saturated rings. The average Bonchev–Trinajstić information content (AvgIpc) is 3.19. The maximum Gasteiger partial charge on any atom is 0.356 e. The molecule has 0 saturated heterocycles. The minimum Gasteiger partial charge on any atom is -0.486 e. The Bertz CT molecular complexity index is 1050. The summed E-state index contributed by atoms with van der Waals surface area (Å²) in [4.78, 5) is 25.9. The van der Waals surface area contributed by atoms with Crippen LogP contribution >= 0.6 is 0 Å². The molecule has 148 valence electrons. The fourth-order valence-electron chi connectivity index (χ4n) is 3.14. The van der Waals surface area contributed by atoms with Crippen molar-refractivity contribution in [3.05, 3.63) is 72.1 Å². The van der Waals surface area contributed by atoms with Crippen LogP contribution in [0.4, 0.5) is 0 Å². The Balaban J connectivity index is 1.55. The van der Waals surface area contributed by atoms with E-state index >= 15 is 0 Å². The third-order valence-corrected chi connectivity index (χ3v) is 4.54. The van der Waals surface area contributed by atoms with Crippen molar-refractivity contribution in [3.8, 4) is 17.2 Å². The summed E-state index contributed by atoms with van der Waals surface area (Å²) >= 11 is 0. The first kappa shape index (κ1) is 18.5. The molecule has 3 aromatic rings. The topological polar surface area (TPSA) is 93.9 Å². The molecule has 1 N–H and O–H groups in total. The van der Waals surface area contributed by atoms with Crippen LogP contribution in [0.5, 0.6) is 11.5 Å². The standard InChI is InChI=1S/C21H19N3O5/c1-23(12-15-13-28-18-9-5-6-10-19(18)29-15)20(25)17-11-16(21(26)27)22-24(17)14-7-3-2-4-8-14/h2-11,15H,12-13H2,1H3,(H,26,27). The third-order valence-electron chi connectivity index (χ3n) is 4.54. The number of hydrogen-bond acceptors (Lipinski definition) is 5. The second-order valence-corrected chi connectivity index (χ2v) is 6.65. The SMILES string of the molecule is CN(CC1COc2ccccc2O1)C(=O)c1cc(C(=O)O)nn1-c1ccccc1. The maximum atomic E-state index is 13.1. The zero-order valence-corrected chi connectivity index (χ0v) is 15.7. The molecule has 1 unspecified atom stereocenters. The molecule has 0 saturated carbocycles. The van der Waals surface area contributed by atoms with E-state index in [1.807, 2.05) is 30.3 Å². The largest absolute Gasteiger partial charge is 0.486 e. The summed E-state index contributed by atoms with van der Waals surface area (Å²) in [6.45, 7) is 0.586. The van der Waals surface area contributed by atoms with Gasteiger partial charge in [-0.05, 0) is 24.3 Å². The summed E-state index contributed by atoms with van der Waals surface area (Å²) in [5.41, 5.74) is 0.563. The smallest absolute Gasteiger partial charge is 0.356 e. The molecule has 2 aromatic carbocycles. The van der Waals surface area contributed by atoms with Gasteiger partial charge in [-0.3, -0.25) is 4.79 Å². The molecular weight excluding hydrogens is 374 g/mol. The van der Waals surface area contributed by atoms with Crippen molar-refractivity contribution in [3.63, 3.8) is 0 Å². The molecule has 0 spiro atoms. The monoisotopic (exact) mass is 393 g/mol. The first-order valence-electron chi connectivity index (χ1n) is 9.05. The molecule has 2 heterocycles. The Labute approximate surface area is 166 Å². The first-order chi connectivity index (χ1) is 14.0. The van der Waals surface area contributed by atoms with Crippen molar-refractivity contribution >= 4 is 11.9 Å². The highest BCUT2D eigenvalue weighted by Gasteiger charge is 2.27. The highest BCUT2D eigenvalue weighted by Crippen LogP contribution is 2.31. The number of fused-ring (bicyclic) bond motifs is 1. The van der Waals surface area contributed by atoms with Crippen molar-refractivity contribution < 1.29 is 24.2 Å². The predicted octanol–water partition coefficient (Wildman–Crippen LogP) is 2.48. The molecule has 4 rings (SSSR count). The number of carboxylic acid groups (broad SMARTS) is 1. The molecule has 29 heavy (non-hydrogen) atoms. The van der Waals surface area contributed by atoms with Crippen LogP contribution in [0.1, 0.15) is 21.0 Å². The molecular formula is C21H19N3O5. The molecule has 1 amide bonds. The van der Waals surface area contributed by atoms with E-state index in [4.69, 9.17) is 9.47 Å². The summed E-state index contributed by atoms with van der Waals surface area (Å²) in [6.07, 6.45) is -0.342. The van der Waals surface area contributed by atoms with Gasteiger partial charge in [0.2, 0.25) is 0 Å². The van der Waals surface area contributed by atoms with Crippen molar-refractivity contribution in [1.29, 1.82) is 0 Å². The lowest BCUT2D eigenvalue weighted by molar-refractivity contribution is 0.0515. The van der Waals surface area contributed by atoms with Crippen molar-refractivity contribution in [2.45, 2.75) is 6.10 Å². The molecule has 8 nitrogen and oxygen atoms in total. The van der Waals surface area contributed by atoms with Gasteiger partial charge in [-0.25, -0.2) is 9.48 Å². The van der Waals surface area contributed by atoms with E-state index in [0.29, 0.717) is 23.8 Å². The Morgan fingerprint density at radius 3 is 2.55 bits per heavy atom. The van der Waals surface area contributed by atoms with Crippen LogP contribution in [-0.4, -0.2) is 58.0 Å². The highest BCUT2D eigenvalue weighted by molar-refractivity contribution is 5.96. The molecule has 0 aliphatic carbocycles. The fraction of sp³-hybridized carbons (Fsp3) is 0.190. The second-order valence-electron chi connectivity index (χ2n) is 6.65. The molecule has 1 aliphatic heterocycles. The Hall–Kier alpha value is -3.81. The van der Waals surface area contributed by atoms with E-state index < -0.39 is 5.97 Å². The Morgan fingerprint density at radius 1 is 1.14 bits per heavy atom. The first-order valence-corrected chi connectivity index (χ1v) is 9.05. The third kappa shape index (κ3) is 3.77. The minimum absolute atomic E-state index is 0.160. The zero-order chi connectivity index (χ0) is 20.4. The van der Waals surface area contributed by atoms with E-state index in [1.165, 1.54) is 15.6 Å². The number of benzene rings is 2. The number of nitrogens with zero attached hydrogens (tertiary/aromatic N) is 3. The van der Waals surface area contributed by atoms with Gasteiger partial charge in [-0.2, -0.15) is 5.10 Å². The fourth-order valence-corrected chi connectivity index (χ4v) is 3.14. The van der Waals surface area contributed by atoms with Crippen LogP contribution in [-0.2, 0) is 0 Å². The van der Waals surface area contributed by atoms with E-state index in [9.17, 15) is 14.7 Å². The average molecular weight is 393 g/mol. The number of para-hydroxylation sites is 3. The number of carbonyl (C=O) groups excluding carboxylic acids is 1. The lowest BCUT2D eigenvalue weighted by atomic mass is 10.2. The summed E-state index contributed by atoms with van der Waals surface area (Å²) in [6, 6.07) is 17.6. The summed E-state index contributed by atoms with van der Waals surface area (Å²) in [7, 11) is 1.63. The van der Waals surface area contributed by atoms with Gasteiger partial charge in [0.1, 0.15) is 12.3 Å². The van der Waals surface area contributed by atoms with Gasteiger partial charge in [0.05, 0.1) is 12.2 Å². The molecule has 8 heteroatoms. The second kappa shape index (κ2) is 7.67. The number of carboxylic acids is 1. The van der Waals surface area contributed by atoms with Gasteiger partial charge in [-0.1, -0.05) is 30.3 Å². The van der Waals surface area contributed by atoms with Gasteiger partial charge in [-0.15, -0.1) is 0 Å². The summed E-state index contributed by atoms with van der Waals surface area (Å²) in [5.74, 6) is -0.258. The number of likely N-dealkylation sites (N-methyl/N-ethyl adjacent to an activating group) is 1. The van der Waals surface area contributed by atoms with Crippen molar-refractivity contribution in [1.82, 2.24) is 14.7 Å². The van der Waals surface area contributed by atoms with Crippen LogP contribution in [0.2, 0.25) is 0 Å². The quantitative estimate of drug-likeness (QED) is 0.716. The van der Waals surface area contributed by atoms with Crippen LogP contribution in [0.15, 0.2) is 60.7 Å². The number of aromatic carboxylic acids is 1. The zero-order valence-electron chi connectivity index (χ0n) is 15.7. The highest BCUT2D eigenvalue weighted by atomic mass is 16.6. The number of rotatable bonds is 5. The predicted molar refractivity (Wildman–Crippen MR) is 104 cm³/mol. The van der Waals surface area contributed by atoms with Crippen molar-refractivity contribution in [2.24, 2.45) is 0 Å². The van der Waals surface area contributed by atoms with Crippen LogP contribution < -0.4 is 9.47 Å². The summed E-state index contributed by atoms with van der Waals surface area (Å²) in [5, 5.41) is 13.4. The van der Waals surface area contributed by atoms with Crippen LogP contribution in [0, 0.1) is 0 Å². The number of carbonyl (C=O) groups is 2. The summed E-state index contributed by atoms with van der Waals surface area (Å²) < 4.78 is 12.9. The normalized spacial score (nSPS) is 15.0. The Kier molecular flexibility index (Phi) is 4.90. The number of aromatic nitrogens is 2. The lowest BCUT2D eigenvalue weighted by Gasteiger charge is -2.29. The number of ether oxygens (including phenoxy) is 2. The molecule has 1 aliphatic rings. The van der Waals surface area contributed by atoms with E-state index in [-0.39, 0.29) is 29.9 Å². The number of amides is 1. The molecule has 1 aromatic heterocycles. The lowest BCUT2D eigenvalue weighted by Crippen LogP contribution is -2.42. The Morgan fingerprint density at radius 2 is 1.83 bits per heavy atom. The number of hydrogen-bond donors (Lipinski definition) is 1. The van der Waals surface area contributed by atoms with Gasteiger partial charge in [0.25, 0.3) is 5.91 Å². The van der Waals surface area contributed by atoms with Crippen molar-refractivity contribution in [2.75, 3.05) is 20.2 Å². The molecule has 1 atom stereocenters.